The van der Waals surface area contributed by atoms with Gasteiger partial charge in [0.2, 0.25) is 5.91 Å². The highest BCUT2D eigenvalue weighted by molar-refractivity contribution is 14.0. The van der Waals surface area contributed by atoms with Crippen molar-refractivity contribution in [3.05, 3.63) is 89.7 Å². The summed E-state index contributed by atoms with van der Waals surface area (Å²) in [5.74, 6) is 1.75. The van der Waals surface area contributed by atoms with Crippen molar-refractivity contribution in [3.63, 3.8) is 0 Å². The Labute approximate surface area is 209 Å². The third-order valence-electron chi connectivity index (χ3n) is 5.28. The van der Waals surface area contributed by atoms with E-state index >= 15 is 0 Å². The van der Waals surface area contributed by atoms with Gasteiger partial charge in [-0.25, -0.2) is 4.39 Å². The highest BCUT2D eigenvalue weighted by atomic mass is 127. The van der Waals surface area contributed by atoms with Gasteiger partial charge in [-0.05, 0) is 53.6 Å². The van der Waals surface area contributed by atoms with Crippen LogP contribution in [0.3, 0.4) is 0 Å². The lowest BCUT2D eigenvalue weighted by atomic mass is 9.90. The second kappa shape index (κ2) is 11.6. The molecule has 0 aliphatic carbocycles. The first kappa shape index (κ1) is 24.5. The average Bonchev–Trinajstić information content (AvgIpc) is 2.81. The van der Waals surface area contributed by atoms with E-state index in [0.717, 1.165) is 16.8 Å². The third kappa shape index (κ3) is 6.67. The predicted octanol–water partition coefficient (Wildman–Crippen LogP) is 5.03. The Kier molecular flexibility index (Phi) is 8.65. The molecule has 0 bridgehead atoms. The number of fused-ring (bicyclic) bond motifs is 1. The Morgan fingerprint density at radius 2 is 1.70 bits per heavy atom. The smallest absolute Gasteiger partial charge is 0.225 e. The van der Waals surface area contributed by atoms with Crippen LogP contribution in [0.15, 0.2) is 77.8 Å². The monoisotopic (exact) mass is 560 g/mol. The van der Waals surface area contributed by atoms with Crippen LogP contribution in [0.1, 0.15) is 23.5 Å². The molecule has 33 heavy (non-hydrogen) atoms. The second-order valence-corrected chi connectivity index (χ2v) is 7.54. The first-order chi connectivity index (χ1) is 15.6. The number of ether oxygens (including phenoxy) is 1. The molecule has 3 aromatic rings. The summed E-state index contributed by atoms with van der Waals surface area (Å²) in [4.78, 5) is 16.3. The third-order valence-corrected chi connectivity index (χ3v) is 5.28. The van der Waals surface area contributed by atoms with Crippen LogP contribution in [0, 0.1) is 5.82 Å². The minimum atomic E-state index is -0.295. The van der Waals surface area contributed by atoms with Crippen LogP contribution >= 0.6 is 24.0 Å². The minimum absolute atomic E-state index is 0. The molecule has 6 nitrogen and oxygen atoms in total. The predicted molar refractivity (Wildman–Crippen MR) is 139 cm³/mol. The van der Waals surface area contributed by atoms with Crippen molar-refractivity contribution in [2.24, 2.45) is 4.99 Å². The number of carbonyl (C=O) groups is 1. The van der Waals surface area contributed by atoms with Crippen LogP contribution in [0.2, 0.25) is 0 Å². The molecule has 1 amide bonds. The zero-order valence-corrected chi connectivity index (χ0v) is 20.5. The van der Waals surface area contributed by atoms with Crippen molar-refractivity contribution in [3.8, 4) is 11.5 Å². The van der Waals surface area contributed by atoms with Gasteiger partial charge in [-0.3, -0.25) is 9.79 Å². The van der Waals surface area contributed by atoms with Gasteiger partial charge in [0.05, 0.1) is 0 Å². The van der Waals surface area contributed by atoms with Crippen molar-refractivity contribution in [1.29, 1.82) is 0 Å². The Morgan fingerprint density at radius 3 is 2.39 bits per heavy atom. The number of hydrogen-bond acceptors (Lipinski definition) is 3. The van der Waals surface area contributed by atoms with E-state index < -0.39 is 0 Å². The lowest BCUT2D eigenvalue weighted by molar-refractivity contribution is -0.116. The number of benzene rings is 3. The number of carbonyl (C=O) groups excluding carboxylic acids is 1. The van der Waals surface area contributed by atoms with Crippen LogP contribution in [-0.2, 0) is 11.3 Å². The minimum Gasteiger partial charge on any atom is -0.457 e. The Hall–Kier alpha value is -3.14. The molecule has 0 saturated heterocycles. The number of nitrogens with zero attached hydrogens (tertiary/aromatic N) is 1. The first-order valence-corrected chi connectivity index (χ1v) is 10.5. The molecule has 1 aliphatic rings. The molecule has 3 N–H and O–H groups in total. The summed E-state index contributed by atoms with van der Waals surface area (Å²) in [6.45, 7) is 1.19. The van der Waals surface area contributed by atoms with Crippen LogP contribution < -0.4 is 20.7 Å². The summed E-state index contributed by atoms with van der Waals surface area (Å²) in [5, 5.41) is 9.54. The highest BCUT2D eigenvalue weighted by Crippen LogP contribution is 2.31. The number of rotatable bonds is 6. The summed E-state index contributed by atoms with van der Waals surface area (Å²) >= 11 is 0. The van der Waals surface area contributed by atoms with Gasteiger partial charge in [0, 0.05) is 38.2 Å². The molecule has 0 saturated carbocycles. The molecule has 172 valence electrons. The Balaban J connectivity index is 0.00000306. The van der Waals surface area contributed by atoms with Crippen molar-refractivity contribution >= 4 is 41.5 Å². The second-order valence-electron chi connectivity index (χ2n) is 7.54. The first-order valence-electron chi connectivity index (χ1n) is 10.5. The quantitative estimate of drug-likeness (QED) is 0.225. The van der Waals surface area contributed by atoms with Crippen molar-refractivity contribution in [1.82, 2.24) is 10.6 Å². The van der Waals surface area contributed by atoms with Gasteiger partial charge in [-0.1, -0.05) is 30.3 Å². The van der Waals surface area contributed by atoms with E-state index in [1.54, 1.807) is 19.2 Å². The molecule has 4 rings (SSSR count). The van der Waals surface area contributed by atoms with Crippen LogP contribution in [-0.4, -0.2) is 25.5 Å². The summed E-state index contributed by atoms with van der Waals surface area (Å²) in [6, 6.07) is 21.5. The lowest BCUT2D eigenvalue weighted by Crippen LogP contribution is -2.40. The maximum absolute atomic E-state index is 13.0. The number of nitrogens with one attached hydrogen (secondary N) is 3. The molecule has 0 radical (unpaired) electrons. The van der Waals surface area contributed by atoms with Gasteiger partial charge < -0.3 is 20.7 Å². The topological polar surface area (TPSA) is 74.8 Å². The molecule has 3 aromatic carbocycles. The Bertz CT molecular complexity index is 1100. The molecule has 1 aliphatic heterocycles. The van der Waals surface area contributed by atoms with Crippen LogP contribution in [0.4, 0.5) is 10.1 Å². The van der Waals surface area contributed by atoms with Crippen LogP contribution in [0.25, 0.3) is 0 Å². The van der Waals surface area contributed by atoms with E-state index in [-0.39, 0.29) is 41.6 Å². The fourth-order valence-corrected chi connectivity index (χ4v) is 3.62. The molecular weight excluding hydrogens is 534 g/mol. The largest absolute Gasteiger partial charge is 0.457 e. The normalized spacial score (nSPS) is 15.0. The fourth-order valence-electron chi connectivity index (χ4n) is 3.62. The molecule has 1 atom stereocenters. The number of hydrogen-bond donors (Lipinski definition) is 3. The highest BCUT2D eigenvalue weighted by Gasteiger charge is 2.24. The SMILES string of the molecule is CN=C(NCc1ccc(Oc2ccc(F)cc2)cc1)NCC1CC(=O)Nc2ccccc21.I. The number of halogens is 2. The molecule has 0 spiro atoms. The number of para-hydroxylation sites is 1. The summed E-state index contributed by atoms with van der Waals surface area (Å²) in [7, 11) is 1.72. The van der Waals surface area contributed by atoms with Crippen LogP contribution in [0.5, 0.6) is 11.5 Å². The average molecular weight is 560 g/mol. The maximum Gasteiger partial charge on any atom is 0.225 e. The Morgan fingerprint density at radius 1 is 1.03 bits per heavy atom. The summed E-state index contributed by atoms with van der Waals surface area (Å²) in [6.07, 6.45) is 0.441. The zero-order valence-electron chi connectivity index (χ0n) is 18.2. The number of guanidine groups is 1. The van der Waals surface area contributed by atoms with Gasteiger partial charge in [0.1, 0.15) is 17.3 Å². The molecule has 1 unspecified atom stereocenters. The molecule has 0 fully saturated rings. The molecule has 8 heteroatoms. The van der Waals surface area contributed by atoms with E-state index in [1.165, 1.54) is 12.1 Å². The summed E-state index contributed by atoms with van der Waals surface area (Å²) < 4.78 is 18.7. The van der Waals surface area contributed by atoms with Gasteiger partial charge >= 0.3 is 0 Å². The fraction of sp³-hybridized carbons (Fsp3) is 0.200. The molecular formula is C25H26FIN4O2. The number of amides is 1. The van der Waals surface area contributed by atoms with Gasteiger partial charge in [-0.15, -0.1) is 24.0 Å². The van der Waals surface area contributed by atoms with Gasteiger partial charge in [-0.2, -0.15) is 0 Å². The zero-order chi connectivity index (χ0) is 22.3. The van der Waals surface area contributed by atoms with Gasteiger partial charge in [0.15, 0.2) is 5.96 Å². The van der Waals surface area contributed by atoms with Crippen molar-refractivity contribution in [2.75, 3.05) is 18.9 Å². The van der Waals surface area contributed by atoms with E-state index in [2.05, 4.69) is 20.9 Å². The maximum atomic E-state index is 13.0. The lowest BCUT2D eigenvalue weighted by Gasteiger charge is -2.26. The standard InChI is InChI=1S/C25H25FN4O2.HI/c1-27-25(29-16-18-14-24(31)30-23-5-3-2-4-22(18)23)28-15-17-6-10-20(11-7-17)32-21-12-8-19(26)9-13-21;/h2-13,18H,14-16H2,1H3,(H,30,31)(H2,27,28,29);1H. The number of anilines is 1. The van der Waals surface area contributed by atoms with E-state index in [0.29, 0.717) is 37.0 Å². The molecule has 1 heterocycles. The number of aliphatic imine (C=N–C) groups is 1. The van der Waals surface area contributed by atoms with E-state index in [1.807, 2.05) is 48.5 Å². The van der Waals surface area contributed by atoms with Gasteiger partial charge in [0.25, 0.3) is 0 Å². The summed E-state index contributed by atoms with van der Waals surface area (Å²) in [5.41, 5.74) is 3.06. The van der Waals surface area contributed by atoms with E-state index in [4.69, 9.17) is 4.74 Å². The molecule has 0 aromatic heterocycles. The van der Waals surface area contributed by atoms with E-state index in [9.17, 15) is 9.18 Å². The van der Waals surface area contributed by atoms with Crippen molar-refractivity contribution in [2.45, 2.75) is 18.9 Å². The van der Waals surface area contributed by atoms with Crippen molar-refractivity contribution < 1.29 is 13.9 Å².